The molecule has 0 radical (unpaired) electrons. The summed E-state index contributed by atoms with van der Waals surface area (Å²) in [5, 5.41) is 0. The normalized spacial score (nSPS) is 15.6. The van der Waals surface area contributed by atoms with Gasteiger partial charge >= 0.3 is 0 Å². The molecule has 1 heterocycles. The zero-order valence-corrected chi connectivity index (χ0v) is 16.6. The first-order chi connectivity index (χ1) is 13.1. The zero-order valence-electron chi connectivity index (χ0n) is 16.6. The number of nitrogens with zero attached hydrogens (tertiary/aromatic N) is 3. The minimum absolute atomic E-state index is 0.205. The Morgan fingerprint density at radius 3 is 2.26 bits per heavy atom. The van der Waals surface area contributed by atoms with Gasteiger partial charge in [0.1, 0.15) is 0 Å². The molecule has 4 nitrogen and oxygen atoms in total. The molecule has 0 aliphatic carbocycles. The number of hydrogen-bond donors (Lipinski definition) is 0. The van der Waals surface area contributed by atoms with Crippen molar-refractivity contribution >= 4 is 5.91 Å². The molecule has 1 fully saturated rings. The fourth-order valence-electron chi connectivity index (χ4n) is 3.42. The van der Waals surface area contributed by atoms with Crippen LogP contribution >= 0.6 is 0 Å². The van der Waals surface area contributed by atoms with Gasteiger partial charge in [0.2, 0.25) is 5.91 Å². The fraction of sp³-hybridized carbons (Fsp3) is 0.435. The van der Waals surface area contributed by atoms with Crippen LogP contribution in [0.3, 0.4) is 0 Å². The lowest BCUT2D eigenvalue weighted by Gasteiger charge is -2.34. The summed E-state index contributed by atoms with van der Waals surface area (Å²) in [7, 11) is 2.17. The molecule has 0 aromatic heterocycles. The molecule has 1 aliphatic rings. The molecule has 2 aromatic carbocycles. The first-order valence-electron chi connectivity index (χ1n) is 9.88. The minimum Gasteiger partial charge on any atom is -0.337 e. The van der Waals surface area contributed by atoms with Gasteiger partial charge in [0.05, 0.1) is 6.42 Å². The van der Waals surface area contributed by atoms with Crippen molar-refractivity contribution in [2.45, 2.75) is 19.9 Å². The van der Waals surface area contributed by atoms with E-state index in [-0.39, 0.29) is 5.91 Å². The van der Waals surface area contributed by atoms with Crippen LogP contribution in [-0.4, -0.2) is 66.9 Å². The summed E-state index contributed by atoms with van der Waals surface area (Å²) in [5.41, 5.74) is 3.50. The molecule has 144 valence electrons. The Balaban J connectivity index is 1.62. The molecule has 0 N–H and O–H groups in total. The summed E-state index contributed by atoms with van der Waals surface area (Å²) in [6.45, 7) is 8.86. The predicted octanol–water partition coefficient (Wildman–Crippen LogP) is 2.81. The smallest absolute Gasteiger partial charge is 0.227 e. The van der Waals surface area contributed by atoms with Crippen molar-refractivity contribution in [3.05, 3.63) is 71.3 Å². The Kier molecular flexibility index (Phi) is 7.02. The second-order valence-corrected chi connectivity index (χ2v) is 7.61. The number of hydrogen-bond acceptors (Lipinski definition) is 3. The highest BCUT2D eigenvalue weighted by Gasteiger charge is 2.18. The zero-order chi connectivity index (χ0) is 19.1. The van der Waals surface area contributed by atoms with Crippen molar-refractivity contribution in [3.8, 4) is 0 Å². The number of piperazine rings is 1. The Hall–Kier alpha value is -2.17. The fourth-order valence-corrected chi connectivity index (χ4v) is 3.42. The van der Waals surface area contributed by atoms with E-state index < -0.39 is 0 Å². The molecular weight excluding hydrogens is 334 g/mol. The number of amides is 1. The lowest BCUT2D eigenvalue weighted by atomic mass is 10.1. The van der Waals surface area contributed by atoms with Crippen molar-refractivity contribution in [1.29, 1.82) is 0 Å². The average Bonchev–Trinajstić information content (AvgIpc) is 2.69. The number of likely N-dealkylation sites (N-methyl/N-ethyl adjacent to an activating group) is 1. The van der Waals surface area contributed by atoms with Gasteiger partial charge in [-0.1, -0.05) is 60.2 Å². The SMILES string of the molecule is Cc1ccc(CC(=O)N(CCN2CCN(C)CC2)Cc2ccccc2)cc1. The van der Waals surface area contributed by atoms with E-state index in [1.54, 1.807) is 0 Å². The molecule has 1 saturated heterocycles. The summed E-state index contributed by atoms with van der Waals surface area (Å²) in [5.74, 6) is 0.205. The van der Waals surface area contributed by atoms with Crippen molar-refractivity contribution in [2.75, 3.05) is 46.3 Å². The maximum atomic E-state index is 13.0. The van der Waals surface area contributed by atoms with Crippen LogP contribution in [0.1, 0.15) is 16.7 Å². The van der Waals surface area contributed by atoms with Gasteiger partial charge in [0, 0.05) is 45.8 Å². The Morgan fingerprint density at radius 2 is 1.59 bits per heavy atom. The quantitative estimate of drug-likeness (QED) is 0.755. The summed E-state index contributed by atoms with van der Waals surface area (Å²) < 4.78 is 0. The summed E-state index contributed by atoms with van der Waals surface area (Å²) >= 11 is 0. The molecular formula is C23H31N3O. The first kappa shape index (κ1) is 19.6. The monoisotopic (exact) mass is 365 g/mol. The van der Waals surface area contributed by atoms with E-state index in [9.17, 15) is 4.79 Å². The van der Waals surface area contributed by atoms with Gasteiger partial charge in [-0.3, -0.25) is 9.69 Å². The van der Waals surface area contributed by atoms with Gasteiger partial charge in [-0.2, -0.15) is 0 Å². The lowest BCUT2D eigenvalue weighted by molar-refractivity contribution is -0.131. The van der Waals surface area contributed by atoms with Crippen LogP contribution in [-0.2, 0) is 17.8 Å². The first-order valence-corrected chi connectivity index (χ1v) is 9.88. The van der Waals surface area contributed by atoms with Gasteiger partial charge in [-0.15, -0.1) is 0 Å². The highest BCUT2D eigenvalue weighted by Crippen LogP contribution is 2.10. The Labute approximate surface area is 163 Å². The third-order valence-electron chi connectivity index (χ3n) is 5.33. The van der Waals surface area contributed by atoms with Crippen LogP contribution in [0.5, 0.6) is 0 Å². The highest BCUT2D eigenvalue weighted by molar-refractivity contribution is 5.78. The molecule has 1 aliphatic heterocycles. The van der Waals surface area contributed by atoms with E-state index in [1.807, 2.05) is 23.1 Å². The van der Waals surface area contributed by atoms with Crippen molar-refractivity contribution < 1.29 is 4.79 Å². The standard InChI is InChI=1S/C23H31N3O/c1-20-8-10-21(11-9-20)18-23(27)26(19-22-6-4-3-5-7-22)17-16-25-14-12-24(2)13-15-25/h3-11H,12-19H2,1-2H3. The second-order valence-electron chi connectivity index (χ2n) is 7.61. The molecule has 0 saturated carbocycles. The van der Waals surface area contributed by atoms with Crippen LogP contribution in [0.2, 0.25) is 0 Å². The van der Waals surface area contributed by atoms with Crippen LogP contribution in [0, 0.1) is 6.92 Å². The molecule has 3 rings (SSSR count). The topological polar surface area (TPSA) is 26.8 Å². The van der Waals surface area contributed by atoms with Gasteiger partial charge in [0.25, 0.3) is 0 Å². The van der Waals surface area contributed by atoms with Gasteiger partial charge in [0.15, 0.2) is 0 Å². The van der Waals surface area contributed by atoms with Crippen LogP contribution in [0.15, 0.2) is 54.6 Å². The number of benzene rings is 2. The Morgan fingerprint density at radius 1 is 0.926 bits per heavy atom. The van der Waals surface area contributed by atoms with Crippen LogP contribution in [0.4, 0.5) is 0 Å². The Bertz CT molecular complexity index is 706. The molecule has 27 heavy (non-hydrogen) atoms. The maximum absolute atomic E-state index is 13.0. The second kappa shape index (κ2) is 9.67. The number of aryl methyl sites for hydroxylation is 1. The molecule has 0 spiro atoms. The third-order valence-corrected chi connectivity index (χ3v) is 5.33. The number of carbonyl (C=O) groups excluding carboxylic acids is 1. The molecule has 4 heteroatoms. The number of carbonyl (C=O) groups is 1. The molecule has 0 atom stereocenters. The van der Waals surface area contributed by atoms with Crippen LogP contribution < -0.4 is 0 Å². The van der Waals surface area contributed by atoms with Gasteiger partial charge in [-0.25, -0.2) is 0 Å². The van der Waals surface area contributed by atoms with E-state index >= 15 is 0 Å². The molecule has 0 unspecified atom stereocenters. The molecule has 0 bridgehead atoms. The summed E-state index contributed by atoms with van der Waals surface area (Å²) in [4.78, 5) is 19.9. The average molecular weight is 366 g/mol. The molecule has 1 amide bonds. The van der Waals surface area contributed by atoms with E-state index in [1.165, 1.54) is 11.1 Å². The lowest BCUT2D eigenvalue weighted by Crippen LogP contribution is -2.47. The number of rotatable bonds is 7. The predicted molar refractivity (Wildman–Crippen MR) is 111 cm³/mol. The highest BCUT2D eigenvalue weighted by atomic mass is 16.2. The molecule has 2 aromatic rings. The van der Waals surface area contributed by atoms with E-state index in [0.29, 0.717) is 13.0 Å². The van der Waals surface area contributed by atoms with Gasteiger partial charge < -0.3 is 9.80 Å². The summed E-state index contributed by atoms with van der Waals surface area (Å²) in [6, 6.07) is 18.6. The summed E-state index contributed by atoms with van der Waals surface area (Å²) in [6.07, 6.45) is 0.468. The minimum atomic E-state index is 0.205. The van der Waals surface area contributed by atoms with Crippen molar-refractivity contribution in [3.63, 3.8) is 0 Å². The van der Waals surface area contributed by atoms with E-state index in [4.69, 9.17) is 0 Å². The van der Waals surface area contributed by atoms with Crippen molar-refractivity contribution in [1.82, 2.24) is 14.7 Å². The van der Waals surface area contributed by atoms with Crippen molar-refractivity contribution in [2.24, 2.45) is 0 Å². The van der Waals surface area contributed by atoms with Crippen LogP contribution in [0.25, 0.3) is 0 Å². The maximum Gasteiger partial charge on any atom is 0.227 e. The van der Waals surface area contributed by atoms with E-state index in [2.05, 4.69) is 60.2 Å². The third kappa shape index (κ3) is 6.19. The van der Waals surface area contributed by atoms with Gasteiger partial charge in [-0.05, 0) is 25.1 Å². The largest absolute Gasteiger partial charge is 0.337 e. The van der Waals surface area contributed by atoms with E-state index in [0.717, 1.165) is 44.8 Å².